The molecule has 0 spiro atoms. The van der Waals surface area contributed by atoms with Crippen LogP contribution in [0.3, 0.4) is 0 Å². The van der Waals surface area contributed by atoms with E-state index in [-0.39, 0.29) is 49.7 Å². The molecule has 1 saturated heterocycles. The fourth-order valence-electron chi connectivity index (χ4n) is 6.30. The number of nitrogens with one attached hydrogen (secondary N) is 1. The number of nitrogens with zero attached hydrogens (tertiary/aromatic N) is 3. The quantitative estimate of drug-likeness (QED) is 0.508. The fourth-order valence-corrected chi connectivity index (χ4v) is 6.30. The molecule has 220 valence electrons. The minimum absolute atomic E-state index is 0.0224. The van der Waals surface area contributed by atoms with E-state index in [1.165, 1.54) is 4.90 Å². The number of carbonyl (C=O) groups excluding carboxylic acids is 2. The molecular formula is C28H37F3N4O5. The third kappa shape index (κ3) is 6.37. The molecule has 12 heteroatoms. The summed E-state index contributed by atoms with van der Waals surface area (Å²) < 4.78 is 56.3. The highest BCUT2D eigenvalue weighted by molar-refractivity contribution is 5.85. The van der Waals surface area contributed by atoms with Gasteiger partial charge in [-0.1, -0.05) is 12.8 Å². The summed E-state index contributed by atoms with van der Waals surface area (Å²) in [6.45, 7) is 3.31. The van der Waals surface area contributed by atoms with Gasteiger partial charge < -0.3 is 29.3 Å². The third-order valence-electron chi connectivity index (χ3n) is 8.44. The maximum absolute atomic E-state index is 14.4. The van der Waals surface area contributed by atoms with E-state index in [1.54, 1.807) is 19.1 Å². The Morgan fingerprint density at radius 2 is 2.17 bits per heavy atom. The third-order valence-corrected chi connectivity index (χ3v) is 8.44. The first kappa shape index (κ1) is 30.1. The predicted molar refractivity (Wildman–Crippen MR) is 139 cm³/mol. The van der Waals surface area contributed by atoms with E-state index in [0.717, 1.165) is 18.7 Å². The number of terminal acetylenes is 1. The molecule has 4 rings (SSSR count). The van der Waals surface area contributed by atoms with Gasteiger partial charge in [0.25, 0.3) is 0 Å². The Bertz CT molecular complexity index is 1130. The molecule has 2 amide bonds. The van der Waals surface area contributed by atoms with Gasteiger partial charge >= 0.3 is 12.3 Å². The summed E-state index contributed by atoms with van der Waals surface area (Å²) in [6, 6.07) is 1.09. The summed E-state index contributed by atoms with van der Waals surface area (Å²) in [5, 5.41) is 3.67. The average Bonchev–Trinajstić information content (AvgIpc) is 3.25. The minimum Gasteiger partial charge on any atom is -0.436 e. The number of hydrogen-bond donors (Lipinski definition) is 1. The van der Waals surface area contributed by atoms with Crippen molar-refractivity contribution in [1.29, 1.82) is 0 Å². The molecule has 1 saturated carbocycles. The molecule has 2 fully saturated rings. The summed E-state index contributed by atoms with van der Waals surface area (Å²) in [6.07, 6.45) is 3.02. The van der Waals surface area contributed by atoms with E-state index >= 15 is 0 Å². The zero-order valence-electron chi connectivity index (χ0n) is 23.1. The zero-order valence-corrected chi connectivity index (χ0v) is 23.1. The van der Waals surface area contributed by atoms with Crippen molar-refractivity contribution in [3.8, 4) is 12.3 Å². The molecular weight excluding hydrogens is 529 g/mol. The van der Waals surface area contributed by atoms with Gasteiger partial charge in [0.15, 0.2) is 6.61 Å². The first-order valence-corrected chi connectivity index (χ1v) is 13.5. The van der Waals surface area contributed by atoms with Crippen LogP contribution in [0.4, 0.5) is 18.0 Å². The van der Waals surface area contributed by atoms with Crippen molar-refractivity contribution in [1.82, 2.24) is 20.1 Å². The lowest BCUT2D eigenvalue weighted by molar-refractivity contribution is -0.146. The monoisotopic (exact) mass is 566 g/mol. The Balaban J connectivity index is 1.59. The summed E-state index contributed by atoms with van der Waals surface area (Å²) in [7, 11) is 3.20. The highest BCUT2D eigenvalue weighted by atomic mass is 19.4. The van der Waals surface area contributed by atoms with E-state index in [9.17, 15) is 22.8 Å². The van der Waals surface area contributed by atoms with E-state index in [1.807, 2.05) is 6.92 Å². The van der Waals surface area contributed by atoms with Crippen molar-refractivity contribution in [2.24, 2.45) is 11.3 Å². The van der Waals surface area contributed by atoms with Gasteiger partial charge in [0.1, 0.15) is 0 Å². The number of hydrogen-bond acceptors (Lipinski definition) is 7. The average molecular weight is 567 g/mol. The largest absolute Gasteiger partial charge is 0.436 e. The Morgan fingerprint density at radius 1 is 1.40 bits per heavy atom. The second-order valence-electron chi connectivity index (χ2n) is 11.0. The lowest BCUT2D eigenvalue weighted by Gasteiger charge is -2.41. The van der Waals surface area contributed by atoms with Gasteiger partial charge in [0.05, 0.1) is 23.7 Å². The van der Waals surface area contributed by atoms with Gasteiger partial charge in [-0.15, -0.1) is 6.42 Å². The van der Waals surface area contributed by atoms with E-state index in [2.05, 4.69) is 16.2 Å². The molecule has 5 atom stereocenters. The van der Waals surface area contributed by atoms with Crippen LogP contribution in [-0.2, 0) is 38.1 Å². The van der Waals surface area contributed by atoms with Gasteiger partial charge in [0, 0.05) is 70.8 Å². The standard InChI is InChI=1S/C28H37F3N4O5/c1-5-9-40-26(37)34(3)17-27(13-21(11-18(27)2)33-23-7-10-39-16-24(23)38-4)25(36)35-8-6-22-19(15-35)12-20(14-32-22)28(29,30)31/h1,12,14,18,21,23-24,33H,6-11,13,15-17H2,2-4H3/t18?,21?,23?,24?,27-/m0/s1. The van der Waals surface area contributed by atoms with Crippen LogP contribution in [0.25, 0.3) is 0 Å². The summed E-state index contributed by atoms with van der Waals surface area (Å²) >= 11 is 0. The molecule has 1 N–H and O–H groups in total. The Morgan fingerprint density at radius 3 is 2.88 bits per heavy atom. The van der Waals surface area contributed by atoms with Crippen molar-refractivity contribution >= 4 is 12.0 Å². The normalized spacial score (nSPS) is 28.5. The summed E-state index contributed by atoms with van der Waals surface area (Å²) in [4.78, 5) is 34.0. The zero-order chi connectivity index (χ0) is 29.1. The number of rotatable bonds is 7. The van der Waals surface area contributed by atoms with Gasteiger partial charge in [-0.05, 0) is 36.8 Å². The molecule has 1 aliphatic carbocycles. The Labute approximate surface area is 232 Å². The maximum Gasteiger partial charge on any atom is 0.417 e. The second kappa shape index (κ2) is 12.3. The van der Waals surface area contributed by atoms with Crippen molar-refractivity contribution in [2.45, 2.75) is 63.5 Å². The molecule has 4 unspecified atom stereocenters. The van der Waals surface area contributed by atoms with Gasteiger partial charge in [0.2, 0.25) is 5.91 Å². The van der Waals surface area contributed by atoms with Crippen molar-refractivity contribution in [2.75, 3.05) is 47.1 Å². The van der Waals surface area contributed by atoms with E-state index < -0.39 is 23.2 Å². The molecule has 9 nitrogen and oxygen atoms in total. The van der Waals surface area contributed by atoms with Gasteiger partial charge in [-0.25, -0.2) is 4.79 Å². The van der Waals surface area contributed by atoms with Crippen LogP contribution < -0.4 is 5.32 Å². The van der Waals surface area contributed by atoms with Crippen LogP contribution in [0.2, 0.25) is 0 Å². The molecule has 0 radical (unpaired) electrons. The van der Waals surface area contributed by atoms with Crippen LogP contribution >= 0.6 is 0 Å². The number of alkyl halides is 3. The lowest BCUT2D eigenvalue weighted by atomic mass is 9.76. The molecule has 3 aliphatic rings. The van der Waals surface area contributed by atoms with Gasteiger partial charge in [-0.3, -0.25) is 9.78 Å². The Kier molecular flexibility index (Phi) is 9.27. The van der Waals surface area contributed by atoms with Crippen LogP contribution in [-0.4, -0.2) is 92.0 Å². The summed E-state index contributed by atoms with van der Waals surface area (Å²) in [5.41, 5.74) is -0.877. The topological polar surface area (TPSA) is 93.2 Å². The fraction of sp³-hybridized carbons (Fsp3) is 0.679. The lowest BCUT2D eigenvalue weighted by Crippen LogP contribution is -2.54. The molecule has 0 aromatic carbocycles. The highest BCUT2D eigenvalue weighted by Gasteiger charge is 2.54. The van der Waals surface area contributed by atoms with Crippen molar-refractivity contribution < 1.29 is 37.0 Å². The van der Waals surface area contributed by atoms with E-state index in [0.29, 0.717) is 50.3 Å². The predicted octanol–water partition coefficient (Wildman–Crippen LogP) is 2.87. The van der Waals surface area contributed by atoms with Crippen LogP contribution in [0, 0.1) is 23.7 Å². The van der Waals surface area contributed by atoms with Crippen LogP contribution in [0.15, 0.2) is 12.3 Å². The first-order chi connectivity index (χ1) is 19.0. The molecule has 0 bridgehead atoms. The Hall–Kier alpha value is -2.88. The smallest absolute Gasteiger partial charge is 0.417 e. The molecule has 3 heterocycles. The summed E-state index contributed by atoms with van der Waals surface area (Å²) in [5.74, 6) is 1.93. The second-order valence-corrected chi connectivity index (χ2v) is 11.0. The number of ether oxygens (including phenoxy) is 3. The molecule has 40 heavy (non-hydrogen) atoms. The molecule has 1 aromatic rings. The SMILES string of the molecule is C#CCOC(=O)N(C)C[C@@]1(C(=O)N2CCc3ncc(C(F)(F)F)cc3C2)CC(NC2CCOCC2OC)CC1C. The van der Waals surface area contributed by atoms with Crippen LogP contribution in [0.5, 0.6) is 0 Å². The van der Waals surface area contributed by atoms with Gasteiger partial charge in [-0.2, -0.15) is 13.2 Å². The molecule has 1 aromatic heterocycles. The molecule has 2 aliphatic heterocycles. The number of methoxy groups -OCH3 is 1. The number of pyridine rings is 1. The van der Waals surface area contributed by atoms with Crippen molar-refractivity contribution in [3.05, 3.63) is 29.1 Å². The van der Waals surface area contributed by atoms with Crippen LogP contribution in [0.1, 0.15) is 43.0 Å². The van der Waals surface area contributed by atoms with Crippen molar-refractivity contribution in [3.63, 3.8) is 0 Å². The number of amides is 2. The number of halogens is 3. The first-order valence-electron chi connectivity index (χ1n) is 13.5. The number of aromatic nitrogens is 1. The highest BCUT2D eigenvalue weighted by Crippen LogP contribution is 2.46. The minimum atomic E-state index is -4.53. The van der Waals surface area contributed by atoms with E-state index in [4.69, 9.17) is 20.6 Å². The number of fused-ring (bicyclic) bond motifs is 1. The number of carbonyl (C=O) groups is 2. The maximum atomic E-state index is 14.4.